The first-order valence-electron chi connectivity index (χ1n) is 6.55. The topological polar surface area (TPSA) is 63.8 Å². The summed E-state index contributed by atoms with van der Waals surface area (Å²) < 4.78 is 16.7. The Morgan fingerprint density at radius 3 is 2.64 bits per heavy atom. The summed E-state index contributed by atoms with van der Waals surface area (Å²) in [6.45, 7) is 3.82. The Hall–Kier alpha value is -2.61. The molecule has 22 heavy (non-hydrogen) atoms. The van der Waals surface area contributed by atoms with Gasteiger partial charge in [0.15, 0.2) is 0 Å². The highest BCUT2D eigenvalue weighted by atomic mass is 32.1. The van der Waals surface area contributed by atoms with Crippen molar-refractivity contribution in [1.82, 2.24) is 24.7 Å². The Morgan fingerprint density at radius 1 is 1.27 bits per heavy atom. The molecule has 0 bridgehead atoms. The molecule has 0 aliphatic heterocycles. The highest BCUT2D eigenvalue weighted by Crippen LogP contribution is 2.16. The lowest BCUT2D eigenvalue weighted by Crippen LogP contribution is -1.99. The molecule has 112 valence electrons. The third-order valence-electron chi connectivity index (χ3n) is 3.27. The molecule has 3 rings (SSSR count). The van der Waals surface area contributed by atoms with Gasteiger partial charge in [-0.25, -0.2) is 9.07 Å². The van der Waals surface area contributed by atoms with E-state index in [1.807, 2.05) is 13.8 Å². The summed E-state index contributed by atoms with van der Waals surface area (Å²) >= 11 is 5.04. The average Bonchev–Trinajstić information content (AvgIpc) is 3.02. The number of nitrogens with one attached hydrogen (secondary N) is 1. The number of benzene rings is 1. The van der Waals surface area contributed by atoms with Crippen LogP contribution >= 0.6 is 12.2 Å². The SMILES string of the molecule is Cc1nn(-c2ccc(F)cc2)c(C)c1C=Nn1cn[nH]c1=S. The first kappa shape index (κ1) is 14.3. The number of halogens is 1. The zero-order valence-electron chi connectivity index (χ0n) is 12.0. The lowest BCUT2D eigenvalue weighted by molar-refractivity contribution is 0.627. The fourth-order valence-electron chi connectivity index (χ4n) is 2.12. The smallest absolute Gasteiger partial charge is 0.216 e. The summed E-state index contributed by atoms with van der Waals surface area (Å²) in [4.78, 5) is 0. The fourth-order valence-corrected chi connectivity index (χ4v) is 2.27. The second-order valence-electron chi connectivity index (χ2n) is 4.72. The molecule has 0 saturated carbocycles. The largest absolute Gasteiger partial charge is 0.250 e. The molecule has 2 heterocycles. The zero-order valence-corrected chi connectivity index (χ0v) is 12.8. The molecular formula is C14H13FN6S. The van der Waals surface area contributed by atoms with Gasteiger partial charge in [0.05, 0.1) is 23.3 Å². The van der Waals surface area contributed by atoms with Crippen LogP contribution in [0.2, 0.25) is 0 Å². The summed E-state index contributed by atoms with van der Waals surface area (Å²) in [5, 5.41) is 15.2. The molecule has 0 saturated heterocycles. The van der Waals surface area contributed by atoms with Crippen LogP contribution in [0.3, 0.4) is 0 Å². The van der Waals surface area contributed by atoms with Gasteiger partial charge in [-0.15, -0.1) is 0 Å². The van der Waals surface area contributed by atoms with Gasteiger partial charge in [-0.2, -0.15) is 20.0 Å². The van der Waals surface area contributed by atoms with Gasteiger partial charge in [0.1, 0.15) is 12.1 Å². The predicted octanol–water partition coefficient (Wildman–Crippen LogP) is 2.76. The second-order valence-corrected chi connectivity index (χ2v) is 5.11. The van der Waals surface area contributed by atoms with E-state index in [0.717, 1.165) is 22.6 Å². The minimum Gasteiger partial charge on any atom is -0.250 e. The van der Waals surface area contributed by atoms with E-state index in [-0.39, 0.29) is 5.82 Å². The Balaban J connectivity index is 2.00. The van der Waals surface area contributed by atoms with Crippen LogP contribution < -0.4 is 0 Å². The van der Waals surface area contributed by atoms with Gasteiger partial charge in [-0.3, -0.25) is 5.10 Å². The number of aryl methyl sites for hydroxylation is 1. The number of nitrogens with zero attached hydrogens (tertiary/aromatic N) is 5. The maximum atomic E-state index is 13.0. The van der Waals surface area contributed by atoms with Crippen LogP contribution in [-0.4, -0.2) is 30.9 Å². The zero-order chi connectivity index (χ0) is 15.7. The van der Waals surface area contributed by atoms with Crippen molar-refractivity contribution in [3.63, 3.8) is 0 Å². The van der Waals surface area contributed by atoms with Crippen molar-refractivity contribution in [3.05, 3.63) is 58.1 Å². The molecule has 1 aromatic carbocycles. The molecule has 0 unspecified atom stereocenters. The Morgan fingerprint density at radius 2 is 2.00 bits per heavy atom. The number of H-pyrrole nitrogens is 1. The number of rotatable bonds is 3. The molecule has 6 nitrogen and oxygen atoms in total. The van der Waals surface area contributed by atoms with Crippen molar-refractivity contribution < 1.29 is 4.39 Å². The number of aromatic nitrogens is 5. The van der Waals surface area contributed by atoms with Crippen LogP contribution in [0.25, 0.3) is 5.69 Å². The van der Waals surface area contributed by atoms with E-state index < -0.39 is 0 Å². The van der Waals surface area contributed by atoms with Crippen LogP contribution in [-0.2, 0) is 0 Å². The first-order valence-corrected chi connectivity index (χ1v) is 6.95. The van der Waals surface area contributed by atoms with Crippen LogP contribution in [0, 0.1) is 24.4 Å². The van der Waals surface area contributed by atoms with E-state index >= 15 is 0 Å². The van der Waals surface area contributed by atoms with Crippen molar-refractivity contribution in [2.24, 2.45) is 5.10 Å². The lowest BCUT2D eigenvalue weighted by Gasteiger charge is -2.04. The standard InChI is InChI=1S/C14H13FN6S/c1-9-13(7-17-20-8-16-18-14(20)22)10(2)21(19-9)12-5-3-11(15)4-6-12/h3-8H,1-2H3,(H,18,22). The Kier molecular flexibility index (Phi) is 3.68. The highest BCUT2D eigenvalue weighted by Gasteiger charge is 2.11. The summed E-state index contributed by atoms with van der Waals surface area (Å²) in [5.74, 6) is -0.276. The van der Waals surface area contributed by atoms with Crippen LogP contribution in [0.15, 0.2) is 35.7 Å². The second kappa shape index (κ2) is 5.64. The number of hydrogen-bond acceptors (Lipinski definition) is 4. The van der Waals surface area contributed by atoms with Gasteiger partial charge in [0.25, 0.3) is 0 Å². The maximum Gasteiger partial charge on any atom is 0.216 e. The summed E-state index contributed by atoms with van der Waals surface area (Å²) in [6, 6.07) is 6.18. The van der Waals surface area contributed by atoms with Gasteiger partial charge >= 0.3 is 0 Å². The fraction of sp³-hybridized carbons (Fsp3) is 0.143. The van der Waals surface area contributed by atoms with Crippen LogP contribution in [0.4, 0.5) is 4.39 Å². The molecule has 0 spiro atoms. The average molecular weight is 316 g/mol. The Labute approximate surface area is 130 Å². The minimum absolute atomic E-state index is 0.276. The summed E-state index contributed by atoms with van der Waals surface area (Å²) in [7, 11) is 0. The van der Waals surface area contributed by atoms with E-state index in [4.69, 9.17) is 12.2 Å². The molecule has 0 fully saturated rings. The quantitative estimate of drug-likeness (QED) is 0.597. The molecular weight excluding hydrogens is 303 g/mol. The van der Waals surface area contributed by atoms with E-state index in [1.165, 1.54) is 23.1 Å². The van der Waals surface area contributed by atoms with Gasteiger partial charge in [0.2, 0.25) is 4.77 Å². The third kappa shape index (κ3) is 2.60. The van der Waals surface area contributed by atoms with E-state index in [0.29, 0.717) is 4.77 Å². The van der Waals surface area contributed by atoms with Crippen molar-refractivity contribution in [1.29, 1.82) is 0 Å². The molecule has 0 amide bonds. The molecule has 0 aliphatic rings. The molecule has 2 aromatic heterocycles. The van der Waals surface area contributed by atoms with Gasteiger partial charge in [-0.05, 0) is 50.3 Å². The third-order valence-corrected chi connectivity index (χ3v) is 3.54. The Bertz CT molecular complexity index is 887. The van der Waals surface area contributed by atoms with E-state index in [1.54, 1.807) is 23.0 Å². The number of hydrogen-bond donors (Lipinski definition) is 1. The molecule has 1 N–H and O–H groups in total. The van der Waals surface area contributed by atoms with Gasteiger partial charge in [-0.1, -0.05) is 0 Å². The van der Waals surface area contributed by atoms with Crippen LogP contribution in [0.1, 0.15) is 17.0 Å². The van der Waals surface area contributed by atoms with Crippen molar-refractivity contribution in [2.45, 2.75) is 13.8 Å². The van der Waals surface area contributed by atoms with Crippen molar-refractivity contribution in [2.75, 3.05) is 0 Å². The maximum absolute atomic E-state index is 13.0. The van der Waals surface area contributed by atoms with Gasteiger partial charge < -0.3 is 0 Å². The minimum atomic E-state index is -0.276. The van der Waals surface area contributed by atoms with Crippen molar-refractivity contribution >= 4 is 18.4 Å². The monoisotopic (exact) mass is 316 g/mol. The normalized spacial score (nSPS) is 11.4. The number of aromatic amines is 1. The highest BCUT2D eigenvalue weighted by molar-refractivity contribution is 7.71. The molecule has 3 aromatic rings. The first-order chi connectivity index (χ1) is 10.6. The summed E-state index contributed by atoms with van der Waals surface area (Å²) in [5.41, 5.74) is 3.40. The van der Waals surface area contributed by atoms with E-state index in [2.05, 4.69) is 20.4 Å². The lowest BCUT2D eigenvalue weighted by atomic mass is 10.2. The van der Waals surface area contributed by atoms with E-state index in [9.17, 15) is 4.39 Å². The molecule has 8 heteroatoms. The molecule has 0 atom stereocenters. The van der Waals surface area contributed by atoms with Crippen LogP contribution in [0.5, 0.6) is 0 Å². The molecule has 0 aliphatic carbocycles. The summed E-state index contributed by atoms with van der Waals surface area (Å²) in [6.07, 6.45) is 3.18. The van der Waals surface area contributed by atoms with Gasteiger partial charge in [0, 0.05) is 5.56 Å². The van der Waals surface area contributed by atoms with Crippen molar-refractivity contribution in [3.8, 4) is 5.69 Å². The molecule has 0 radical (unpaired) electrons. The predicted molar refractivity (Wildman–Crippen MR) is 83.4 cm³/mol.